The summed E-state index contributed by atoms with van der Waals surface area (Å²) in [7, 11) is 0. The normalized spacial score (nSPS) is 9.93. The highest BCUT2D eigenvalue weighted by molar-refractivity contribution is 5.61. The molecule has 0 saturated carbocycles. The Morgan fingerprint density at radius 2 is 1.87 bits per heavy atom. The molecule has 1 heterocycles. The lowest BCUT2D eigenvalue weighted by Crippen LogP contribution is -1.96. The standard InChI is InChI=1S/C13H14N2/c1-2-12-13(9-6-10-14-12)15-11-7-4-3-5-8-11/h3-10,15H,2H2,1H3. The molecular formula is C13H14N2. The number of hydrogen-bond donors (Lipinski definition) is 1. The van der Waals surface area contributed by atoms with Gasteiger partial charge in [0.1, 0.15) is 0 Å². The van der Waals surface area contributed by atoms with Crippen LogP contribution in [0.1, 0.15) is 12.6 Å². The molecule has 1 N–H and O–H groups in total. The Labute approximate surface area is 90.0 Å². The van der Waals surface area contributed by atoms with Crippen molar-refractivity contribution in [3.8, 4) is 0 Å². The Morgan fingerprint density at radius 1 is 1.07 bits per heavy atom. The van der Waals surface area contributed by atoms with Crippen LogP contribution in [0.2, 0.25) is 0 Å². The minimum absolute atomic E-state index is 0.940. The molecule has 2 aromatic rings. The molecule has 0 aliphatic heterocycles. The topological polar surface area (TPSA) is 24.9 Å². The second kappa shape index (κ2) is 4.60. The number of aromatic nitrogens is 1. The summed E-state index contributed by atoms with van der Waals surface area (Å²) in [5.41, 5.74) is 3.28. The van der Waals surface area contributed by atoms with E-state index in [0.717, 1.165) is 23.5 Å². The summed E-state index contributed by atoms with van der Waals surface area (Å²) >= 11 is 0. The number of para-hydroxylation sites is 1. The van der Waals surface area contributed by atoms with Gasteiger partial charge in [-0.05, 0) is 30.7 Å². The van der Waals surface area contributed by atoms with Crippen LogP contribution >= 0.6 is 0 Å². The molecule has 2 nitrogen and oxygen atoms in total. The fraction of sp³-hybridized carbons (Fsp3) is 0.154. The number of pyridine rings is 1. The van der Waals surface area contributed by atoms with Crippen molar-refractivity contribution in [2.45, 2.75) is 13.3 Å². The van der Waals surface area contributed by atoms with E-state index < -0.39 is 0 Å². The lowest BCUT2D eigenvalue weighted by atomic mass is 10.2. The highest BCUT2D eigenvalue weighted by Crippen LogP contribution is 2.18. The first kappa shape index (κ1) is 9.71. The Hall–Kier alpha value is -1.83. The van der Waals surface area contributed by atoms with E-state index in [1.807, 2.05) is 42.6 Å². The predicted octanol–water partition coefficient (Wildman–Crippen LogP) is 3.39. The van der Waals surface area contributed by atoms with E-state index in [4.69, 9.17) is 0 Å². The largest absolute Gasteiger partial charge is 0.354 e. The number of benzene rings is 1. The molecule has 0 fully saturated rings. The minimum Gasteiger partial charge on any atom is -0.354 e. The summed E-state index contributed by atoms with van der Waals surface area (Å²) in [4.78, 5) is 4.33. The van der Waals surface area contributed by atoms with Gasteiger partial charge in [-0.1, -0.05) is 25.1 Å². The Kier molecular flexibility index (Phi) is 2.98. The van der Waals surface area contributed by atoms with Crippen LogP contribution in [0.3, 0.4) is 0 Å². The second-order valence-corrected chi connectivity index (χ2v) is 3.34. The van der Waals surface area contributed by atoms with Crippen LogP contribution in [0.15, 0.2) is 48.7 Å². The SMILES string of the molecule is CCc1ncccc1Nc1ccccc1. The van der Waals surface area contributed by atoms with E-state index in [0.29, 0.717) is 0 Å². The van der Waals surface area contributed by atoms with Crippen molar-refractivity contribution >= 4 is 11.4 Å². The lowest BCUT2D eigenvalue weighted by molar-refractivity contribution is 1.04. The van der Waals surface area contributed by atoms with E-state index in [9.17, 15) is 0 Å². The van der Waals surface area contributed by atoms with Gasteiger partial charge in [-0.3, -0.25) is 4.98 Å². The van der Waals surface area contributed by atoms with Gasteiger partial charge >= 0.3 is 0 Å². The second-order valence-electron chi connectivity index (χ2n) is 3.34. The first-order chi connectivity index (χ1) is 7.40. The van der Waals surface area contributed by atoms with E-state index in [2.05, 4.69) is 23.3 Å². The van der Waals surface area contributed by atoms with E-state index in [1.165, 1.54) is 0 Å². The van der Waals surface area contributed by atoms with Crippen molar-refractivity contribution in [1.29, 1.82) is 0 Å². The first-order valence-corrected chi connectivity index (χ1v) is 5.16. The molecule has 15 heavy (non-hydrogen) atoms. The zero-order valence-corrected chi connectivity index (χ0v) is 8.77. The Balaban J connectivity index is 2.24. The molecule has 0 unspecified atom stereocenters. The highest BCUT2D eigenvalue weighted by atomic mass is 14.9. The van der Waals surface area contributed by atoms with Gasteiger partial charge in [-0.15, -0.1) is 0 Å². The zero-order valence-electron chi connectivity index (χ0n) is 8.77. The average Bonchev–Trinajstić information content (AvgIpc) is 2.31. The van der Waals surface area contributed by atoms with Crippen LogP contribution in [0.4, 0.5) is 11.4 Å². The maximum Gasteiger partial charge on any atom is 0.0635 e. The molecule has 0 aliphatic carbocycles. The van der Waals surface area contributed by atoms with Crippen molar-refractivity contribution in [3.63, 3.8) is 0 Å². The number of anilines is 2. The molecule has 1 aromatic carbocycles. The van der Waals surface area contributed by atoms with Crippen LogP contribution in [-0.2, 0) is 6.42 Å². The molecule has 1 aromatic heterocycles. The summed E-state index contributed by atoms with van der Waals surface area (Å²) in [6.45, 7) is 2.11. The maximum atomic E-state index is 4.33. The maximum absolute atomic E-state index is 4.33. The van der Waals surface area contributed by atoms with Crippen molar-refractivity contribution in [3.05, 3.63) is 54.4 Å². The molecule has 0 bridgehead atoms. The van der Waals surface area contributed by atoms with Gasteiger partial charge in [0.05, 0.1) is 11.4 Å². The lowest BCUT2D eigenvalue weighted by Gasteiger charge is -2.09. The minimum atomic E-state index is 0.940. The van der Waals surface area contributed by atoms with E-state index in [1.54, 1.807) is 0 Å². The highest BCUT2D eigenvalue weighted by Gasteiger charge is 2.00. The fourth-order valence-corrected chi connectivity index (χ4v) is 1.51. The van der Waals surface area contributed by atoms with Gasteiger partial charge < -0.3 is 5.32 Å². The van der Waals surface area contributed by atoms with Crippen LogP contribution in [-0.4, -0.2) is 4.98 Å². The molecule has 0 saturated heterocycles. The first-order valence-electron chi connectivity index (χ1n) is 5.16. The fourth-order valence-electron chi connectivity index (χ4n) is 1.51. The summed E-state index contributed by atoms with van der Waals surface area (Å²) < 4.78 is 0. The van der Waals surface area contributed by atoms with Crippen molar-refractivity contribution in [1.82, 2.24) is 4.98 Å². The molecule has 0 spiro atoms. The van der Waals surface area contributed by atoms with Gasteiger partial charge in [0, 0.05) is 11.9 Å². The van der Waals surface area contributed by atoms with Crippen molar-refractivity contribution in [2.24, 2.45) is 0 Å². The Bertz CT molecular complexity index is 424. The van der Waals surface area contributed by atoms with Crippen LogP contribution in [0, 0.1) is 0 Å². The van der Waals surface area contributed by atoms with Gasteiger partial charge in [-0.2, -0.15) is 0 Å². The average molecular weight is 198 g/mol. The summed E-state index contributed by atoms with van der Waals surface area (Å²) in [6, 6.07) is 14.1. The Morgan fingerprint density at radius 3 is 2.60 bits per heavy atom. The number of hydrogen-bond acceptors (Lipinski definition) is 2. The molecular weight excluding hydrogens is 184 g/mol. The molecule has 2 rings (SSSR count). The quantitative estimate of drug-likeness (QED) is 0.817. The van der Waals surface area contributed by atoms with E-state index >= 15 is 0 Å². The molecule has 0 radical (unpaired) electrons. The van der Waals surface area contributed by atoms with Crippen LogP contribution in [0.5, 0.6) is 0 Å². The molecule has 0 amide bonds. The third-order valence-corrected chi connectivity index (χ3v) is 2.28. The van der Waals surface area contributed by atoms with Gasteiger partial charge in [-0.25, -0.2) is 0 Å². The summed E-state index contributed by atoms with van der Waals surface area (Å²) in [5, 5.41) is 3.36. The molecule has 0 aliphatic rings. The summed E-state index contributed by atoms with van der Waals surface area (Å²) in [6.07, 6.45) is 2.77. The monoisotopic (exact) mass is 198 g/mol. The predicted molar refractivity (Wildman–Crippen MR) is 63.3 cm³/mol. The van der Waals surface area contributed by atoms with Crippen molar-refractivity contribution < 1.29 is 0 Å². The third kappa shape index (κ3) is 2.34. The van der Waals surface area contributed by atoms with Gasteiger partial charge in [0.2, 0.25) is 0 Å². The van der Waals surface area contributed by atoms with Gasteiger partial charge in [0.25, 0.3) is 0 Å². The zero-order chi connectivity index (χ0) is 10.5. The number of nitrogens with zero attached hydrogens (tertiary/aromatic N) is 1. The number of nitrogens with one attached hydrogen (secondary N) is 1. The molecule has 76 valence electrons. The van der Waals surface area contributed by atoms with E-state index in [-0.39, 0.29) is 0 Å². The third-order valence-electron chi connectivity index (χ3n) is 2.28. The van der Waals surface area contributed by atoms with Crippen LogP contribution in [0.25, 0.3) is 0 Å². The van der Waals surface area contributed by atoms with Crippen LogP contribution < -0.4 is 5.32 Å². The number of aryl methyl sites for hydroxylation is 1. The molecule has 2 heteroatoms. The van der Waals surface area contributed by atoms with Gasteiger partial charge in [0.15, 0.2) is 0 Å². The summed E-state index contributed by atoms with van der Waals surface area (Å²) in [5.74, 6) is 0. The molecule has 0 atom stereocenters. The number of rotatable bonds is 3. The smallest absolute Gasteiger partial charge is 0.0635 e. The van der Waals surface area contributed by atoms with Crippen molar-refractivity contribution in [2.75, 3.05) is 5.32 Å².